The van der Waals surface area contributed by atoms with Gasteiger partial charge in [0.05, 0.1) is 0 Å². The van der Waals surface area contributed by atoms with Crippen LogP contribution in [0.1, 0.15) is 0 Å². The zero-order chi connectivity index (χ0) is 10.8. The maximum absolute atomic E-state index is 7.13. The van der Waals surface area contributed by atoms with Gasteiger partial charge in [-0.25, -0.2) is 0 Å². The Balaban J connectivity index is -0.00000000533. The molecule has 0 amide bonds. The minimum absolute atomic E-state index is 0. The smallest absolute Gasteiger partial charge is 0.870 e. The number of nitrogens with zero attached hydrogens (tertiary/aromatic N) is 4. The molecule has 95 valence electrons. The van der Waals surface area contributed by atoms with E-state index in [2.05, 4.69) is 48.9 Å². The van der Waals surface area contributed by atoms with Crippen LogP contribution in [0.2, 0.25) is 0 Å². The van der Waals surface area contributed by atoms with Crippen LogP contribution in [0.25, 0.3) is 21.6 Å². The fourth-order valence-electron chi connectivity index (χ4n) is 0. The van der Waals surface area contributed by atoms with Gasteiger partial charge in [-0.2, -0.15) is 20.6 Å². The van der Waals surface area contributed by atoms with Crippen molar-refractivity contribution >= 4 is 69.5 Å². The molecule has 0 aromatic heterocycles. The Kier molecular flexibility index (Phi) is 582. The fourth-order valence-corrected chi connectivity index (χ4v) is 0. The van der Waals surface area contributed by atoms with Crippen LogP contribution in [0.3, 0.4) is 0 Å². The van der Waals surface area contributed by atoms with Gasteiger partial charge in [-0.3, -0.25) is 0 Å². The van der Waals surface area contributed by atoms with Crippen LogP contribution in [0, 0.1) is 0 Å². The fraction of sp³-hybridized carbons (Fsp3) is 0. The van der Waals surface area contributed by atoms with Crippen molar-refractivity contribution in [3.05, 3.63) is 21.6 Å². The molecule has 0 aromatic carbocycles. The average Bonchev–Trinajstić information content (AvgIpc) is 1.92. The van der Waals surface area contributed by atoms with Crippen molar-refractivity contribution in [3.8, 4) is 0 Å². The predicted octanol–water partition coefficient (Wildman–Crippen LogP) is -4.54. The van der Waals surface area contributed by atoms with E-state index in [1.165, 1.54) is 20.6 Å². The standard InChI is InChI=1S/4CNS.Co.2K.3H2O/c4*2-1-3;;;;;;/h;;;;;;;3*1H2/q4*-1;+2;2*+1;;;/p-2. The Labute approximate surface area is 222 Å². The summed E-state index contributed by atoms with van der Waals surface area (Å²) in [5, 5.41) is 33.9. The van der Waals surface area contributed by atoms with E-state index in [-0.39, 0.29) is 136 Å². The first-order chi connectivity index (χ1) is 5.66. The first kappa shape index (κ1) is 69.8. The van der Waals surface area contributed by atoms with E-state index in [4.69, 9.17) is 21.6 Å². The van der Waals surface area contributed by atoms with Crippen LogP contribution in [-0.2, 0) is 16.8 Å². The van der Waals surface area contributed by atoms with E-state index in [0.717, 1.165) is 0 Å². The second-order valence-electron chi connectivity index (χ2n) is 0.365. The summed E-state index contributed by atoms with van der Waals surface area (Å²) in [5.41, 5.74) is 0. The van der Waals surface area contributed by atoms with Gasteiger partial charge in [0.25, 0.3) is 0 Å². The van der Waals surface area contributed by atoms with E-state index in [1.807, 2.05) is 0 Å². The van der Waals surface area contributed by atoms with Crippen molar-refractivity contribution in [1.82, 2.24) is 0 Å². The molecule has 0 fully saturated rings. The van der Waals surface area contributed by atoms with Crippen molar-refractivity contribution in [2.45, 2.75) is 0 Å². The minimum Gasteiger partial charge on any atom is -0.870 e. The Morgan fingerprint density at radius 1 is 0.556 bits per heavy atom. The van der Waals surface area contributed by atoms with Gasteiger partial charge in [-0.15, -0.1) is 0 Å². The molecule has 7 nitrogen and oxygen atoms in total. The number of rotatable bonds is 0. The SMILES string of the molecule is O.[Co+2].[K+].[K+].[N-]=C=S.[N-]=C=S.[N-]=C=S.[N-]=C=S.[OH-].[OH-]. The molecular weight excluding hydrogens is 417 g/mol. The van der Waals surface area contributed by atoms with Crippen LogP contribution < -0.4 is 103 Å². The third-order valence-corrected chi connectivity index (χ3v) is 0. The van der Waals surface area contributed by atoms with E-state index < -0.39 is 0 Å². The average molecular weight is 421 g/mol. The second kappa shape index (κ2) is 150. The van der Waals surface area contributed by atoms with Gasteiger partial charge in [0.15, 0.2) is 0 Å². The van der Waals surface area contributed by atoms with Gasteiger partial charge < -0.3 is 38.1 Å². The molecule has 0 heterocycles. The normalized spacial score (nSPS) is 1.78. The van der Waals surface area contributed by atoms with Crippen LogP contribution in [0.5, 0.6) is 0 Å². The maximum Gasteiger partial charge on any atom is 2.00 e. The number of isothiocyanates is 4. The Morgan fingerprint density at radius 2 is 0.556 bits per heavy atom. The number of thiocarbonyl (C=S) groups is 4. The van der Waals surface area contributed by atoms with Crippen LogP contribution in [0.4, 0.5) is 0 Å². The molecule has 0 bridgehead atoms. The molecule has 1 radical (unpaired) electrons. The van der Waals surface area contributed by atoms with E-state index in [1.54, 1.807) is 0 Å². The molecule has 0 aliphatic carbocycles. The minimum atomic E-state index is 0. The zero-order valence-electron chi connectivity index (χ0n) is 9.15. The van der Waals surface area contributed by atoms with Crippen molar-refractivity contribution in [1.29, 1.82) is 0 Å². The van der Waals surface area contributed by atoms with Gasteiger partial charge in [-0.05, 0) is 0 Å². The molecular formula is C4H4CoK2N4O3S4-2. The van der Waals surface area contributed by atoms with Gasteiger partial charge in [0.1, 0.15) is 0 Å². The molecule has 0 saturated heterocycles. The number of hydrogen-bond donors (Lipinski definition) is 0. The first-order valence-corrected chi connectivity index (χ1v) is 3.34. The molecule has 14 heteroatoms. The van der Waals surface area contributed by atoms with Crippen molar-refractivity contribution in [3.63, 3.8) is 0 Å². The van der Waals surface area contributed by atoms with Crippen molar-refractivity contribution in [2.24, 2.45) is 0 Å². The van der Waals surface area contributed by atoms with E-state index >= 15 is 0 Å². The first-order valence-electron chi connectivity index (χ1n) is 1.71. The summed E-state index contributed by atoms with van der Waals surface area (Å²) < 4.78 is 0. The van der Waals surface area contributed by atoms with Crippen molar-refractivity contribution in [2.75, 3.05) is 0 Å². The largest absolute Gasteiger partial charge is 2.00 e. The summed E-state index contributed by atoms with van der Waals surface area (Å²) in [6, 6.07) is 0. The topological polar surface area (TPSA) is 181 Å². The van der Waals surface area contributed by atoms with Crippen LogP contribution in [0.15, 0.2) is 0 Å². The summed E-state index contributed by atoms with van der Waals surface area (Å²) in [4.78, 5) is 0. The molecule has 0 unspecified atom stereocenters. The number of hydrogen-bond acceptors (Lipinski definition) is 6. The molecule has 4 N–H and O–H groups in total. The molecule has 0 rings (SSSR count). The van der Waals surface area contributed by atoms with Crippen LogP contribution in [-0.4, -0.2) is 37.1 Å². The summed E-state index contributed by atoms with van der Waals surface area (Å²) in [6.45, 7) is 0. The maximum atomic E-state index is 7.13. The summed E-state index contributed by atoms with van der Waals surface area (Å²) in [5.74, 6) is 0. The molecule has 0 saturated carbocycles. The predicted molar refractivity (Wildman–Crippen MR) is 71.3 cm³/mol. The third-order valence-electron chi connectivity index (χ3n) is 0. The molecule has 0 aliphatic rings. The van der Waals surface area contributed by atoms with Gasteiger partial charge in [0.2, 0.25) is 0 Å². The quantitative estimate of drug-likeness (QED) is 0.216. The monoisotopic (exact) mass is 421 g/mol. The Hall–Kier alpha value is 2.86. The van der Waals surface area contributed by atoms with E-state index in [9.17, 15) is 0 Å². The van der Waals surface area contributed by atoms with Gasteiger partial charge >= 0.3 is 120 Å². The van der Waals surface area contributed by atoms with Crippen molar-refractivity contribution < 1.29 is 136 Å². The molecule has 0 atom stereocenters. The van der Waals surface area contributed by atoms with Crippen LogP contribution >= 0.6 is 48.9 Å². The molecule has 18 heavy (non-hydrogen) atoms. The van der Waals surface area contributed by atoms with Gasteiger partial charge in [0, 0.05) is 0 Å². The summed E-state index contributed by atoms with van der Waals surface area (Å²) in [7, 11) is 0. The summed E-state index contributed by atoms with van der Waals surface area (Å²) >= 11 is 14.8. The summed E-state index contributed by atoms with van der Waals surface area (Å²) in [6.07, 6.45) is 0. The molecule has 0 aliphatic heterocycles. The van der Waals surface area contributed by atoms with Gasteiger partial charge in [-0.1, -0.05) is 48.9 Å². The Morgan fingerprint density at radius 3 is 0.556 bits per heavy atom. The third kappa shape index (κ3) is 736. The second-order valence-corrected chi connectivity index (χ2v) is 1.10. The zero-order valence-corrected chi connectivity index (χ0v) is 19.7. The van der Waals surface area contributed by atoms with E-state index in [0.29, 0.717) is 0 Å². The molecule has 0 aromatic rings. The molecule has 0 spiro atoms. The Bertz CT molecular complexity index is 176.